The fraction of sp³-hybridized carbons (Fsp3) is 0.706. The Morgan fingerprint density at radius 3 is 2.86 bits per heavy atom. The Morgan fingerprint density at radius 2 is 2.05 bits per heavy atom. The van der Waals surface area contributed by atoms with Crippen LogP contribution in [-0.2, 0) is 16.0 Å². The number of rotatable bonds is 5. The van der Waals surface area contributed by atoms with Crippen molar-refractivity contribution in [3.63, 3.8) is 0 Å². The quantitative estimate of drug-likeness (QED) is 0.818. The second-order valence-corrected chi connectivity index (χ2v) is 6.64. The van der Waals surface area contributed by atoms with Gasteiger partial charge in [-0.1, -0.05) is 0 Å². The van der Waals surface area contributed by atoms with E-state index in [0.29, 0.717) is 0 Å². The van der Waals surface area contributed by atoms with Crippen LogP contribution in [0.3, 0.4) is 0 Å². The molecule has 3 rings (SSSR count). The standard InChI is InChI=1S/C17H27N3O2/c1-21-10-8-19-7-4-17(13-19)14-20(9-11-22-15-17)12-16-2-5-18-6-3-16/h2-3,5-6H,4,7-15H2,1H3/t17-/m1/s1. The zero-order valence-corrected chi connectivity index (χ0v) is 13.5. The third-order valence-electron chi connectivity index (χ3n) is 4.80. The van der Waals surface area contributed by atoms with Gasteiger partial charge in [0.1, 0.15) is 0 Å². The molecular weight excluding hydrogens is 278 g/mol. The largest absolute Gasteiger partial charge is 0.383 e. The van der Waals surface area contributed by atoms with E-state index >= 15 is 0 Å². The maximum atomic E-state index is 5.94. The van der Waals surface area contributed by atoms with Gasteiger partial charge in [0.2, 0.25) is 0 Å². The summed E-state index contributed by atoms with van der Waals surface area (Å²) in [6.07, 6.45) is 4.98. The Bertz CT molecular complexity index is 456. The lowest BCUT2D eigenvalue weighted by Crippen LogP contribution is -2.40. The van der Waals surface area contributed by atoms with Gasteiger partial charge >= 0.3 is 0 Å². The normalized spacial score (nSPS) is 27.3. The SMILES string of the molecule is COCCN1CC[C@@]2(COCCN(Cc3ccncc3)C2)C1. The predicted octanol–water partition coefficient (Wildman–Crippen LogP) is 1.25. The van der Waals surface area contributed by atoms with Crippen LogP contribution in [0.1, 0.15) is 12.0 Å². The van der Waals surface area contributed by atoms with Crippen molar-refractivity contribution >= 4 is 0 Å². The highest BCUT2D eigenvalue weighted by Gasteiger charge is 2.40. The molecule has 122 valence electrons. The molecular formula is C17H27N3O2. The van der Waals surface area contributed by atoms with Crippen LogP contribution in [0.15, 0.2) is 24.5 Å². The molecule has 0 radical (unpaired) electrons. The van der Waals surface area contributed by atoms with Gasteiger partial charge in [0.05, 0.1) is 19.8 Å². The molecule has 2 aliphatic heterocycles. The van der Waals surface area contributed by atoms with Gasteiger partial charge in [0, 0.05) is 57.6 Å². The van der Waals surface area contributed by atoms with Crippen LogP contribution in [0.2, 0.25) is 0 Å². The van der Waals surface area contributed by atoms with Gasteiger partial charge in [-0.25, -0.2) is 0 Å². The first kappa shape index (κ1) is 15.9. The van der Waals surface area contributed by atoms with E-state index in [2.05, 4.69) is 26.9 Å². The van der Waals surface area contributed by atoms with Crippen LogP contribution in [0.5, 0.6) is 0 Å². The Hall–Kier alpha value is -1.01. The molecule has 22 heavy (non-hydrogen) atoms. The van der Waals surface area contributed by atoms with Crippen molar-refractivity contribution in [3.05, 3.63) is 30.1 Å². The van der Waals surface area contributed by atoms with E-state index in [4.69, 9.17) is 9.47 Å². The minimum atomic E-state index is 0.289. The molecule has 0 unspecified atom stereocenters. The lowest BCUT2D eigenvalue weighted by molar-refractivity contribution is 0.0682. The van der Waals surface area contributed by atoms with Gasteiger partial charge in [-0.15, -0.1) is 0 Å². The van der Waals surface area contributed by atoms with Gasteiger partial charge < -0.3 is 14.4 Å². The van der Waals surface area contributed by atoms with Crippen LogP contribution in [0.25, 0.3) is 0 Å². The van der Waals surface area contributed by atoms with Crippen molar-refractivity contribution in [2.24, 2.45) is 5.41 Å². The fourth-order valence-electron chi connectivity index (χ4n) is 3.65. The molecule has 1 atom stereocenters. The Labute approximate surface area is 133 Å². The van der Waals surface area contributed by atoms with Crippen molar-refractivity contribution in [1.82, 2.24) is 14.8 Å². The average molecular weight is 305 g/mol. The van der Waals surface area contributed by atoms with Crippen LogP contribution >= 0.6 is 0 Å². The molecule has 2 aliphatic rings. The lowest BCUT2D eigenvalue weighted by atomic mass is 9.87. The smallest absolute Gasteiger partial charge is 0.0593 e. The third-order valence-corrected chi connectivity index (χ3v) is 4.80. The zero-order valence-electron chi connectivity index (χ0n) is 13.5. The molecule has 0 aliphatic carbocycles. The first-order valence-electron chi connectivity index (χ1n) is 8.20. The number of ether oxygens (including phenoxy) is 2. The summed E-state index contributed by atoms with van der Waals surface area (Å²) >= 11 is 0. The fourth-order valence-corrected chi connectivity index (χ4v) is 3.65. The second-order valence-electron chi connectivity index (χ2n) is 6.64. The minimum Gasteiger partial charge on any atom is -0.383 e. The van der Waals surface area contributed by atoms with Crippen molar-refractivity contribution in [2.75, 3.05) is 59.7 Å². The molecule has 1 aromatic rings. The molecule has 5 nitrogen and oxygen atoms in total. The molecule has 2 fully saturated rings. The van der Waals surface area contributed by atoms with Crippen LogP contribution in [-0.4, -0.2) is 74.4 Å². The number of methoxy groups -OCH3 is 1. The van der Waals surface area contributed by atoms with Crippen molar-refractivity contribution < 1.29 is 9.47 Å². The molecule has 2 saturated heterocycles. The van der Waals surface area contributed by atoms with Gasteiger partial charge in [0.15, 0.2) is 0 Å². The van der Waals surface area contributed by atoms with Crippen LogP contribution < -0.4 is 0 Å². The van der Waals surface area contributed by atoms with Crippen molar-refractivity contribution in [2.45, 2.75) is 13.0 Å². The summed E-state index contributed by atoms with van der Waals surface area (Å²) in [7, 11) is 1.77. The van der Waals surface area contributed by atoms with E-state index < -0.39 is 0 Å². The monoisotopic (exact) mass is 305 g/mol. The summed E-state index contributed by atoms with van der Waals surface area (Å²) in [5.41, 5.74) is 1.62. The molecule has 0 aromatic carbocycles. The summed E-state index contributed by atoms with van der Waals surface area (Å²) < 4.78 is 11.2. The number of nitrogens with zero attached hydrogens (tertiary/aromatic N) is 3. The van der Waals surface area contributed by atoms with E-state index in [9.17, 15) is 0 Å². The Kier molecular flexibility index (Phi) is 5.41. The first-order chi connectivity index (χ1) is 10.8. The molecule has 0 amide bonds. The van der Waals surface area contributed by atoms with Crippen LogP contribution in [0.4, 0.5) is 0 Å². The molecule has 3 heterocycles. The highest BCUT2D eigenvalue weighted by molar-refractivity contribution is 5.09. The lowest BCUT2D eigenvalue weighted by Gasteiger charge is -2.32. The number of hydrogen-bond acceptors (Lipinski definition) is 5. The molecule has 0 N–H and O–H groups in total. The number of hydrogen-bond donors (Lipinski definition) is 0. The zero-order chi connectivity index (χ0) is 15.3. The topological polar surface area (TPSA) is 37.8 Å². The van der Waals surface area contributed by atoms with Crippen molar-refractivity contribution in [1.29, 1.82) is 0 Å². The Morgan fingerprint density at radius 1 is 1.23 bits per heavy atom. The predicted molar refractivity (Wildman–Crippen MR) is 85.7 cm³/mol. The minimum absolute atomic E-state index is 0.289. The maximum Gasteiger partial charge on any atom is 0.0593 e. The number of pyridine rings is 1. The molecule has 0 bridgehead atoms. The number of likely N-dealkylation sites (tertiary alicyclic amines) is 1. The van der Waals surface area contributed by atoms with E-state index in [1.54, 1.807) is 7.11 Å². The van der Waals surface area contributed by atoms with Crippen LogP contribution in [0, 0.1) is 5.41 Å². The molecule has 0 saturated carbocycles. The van der Waals surface area contributed by atoms with Gasteiger partial charge in [-0.3, -0.25) is 9.88 Å². The van der Waals surface area contributed by atoms with Crippen molar-refractivity contribution in [3.8, 4) is 0 Å². The molecule has 1 aromatic heterocycles. The summed E-state index contributed by atoms with van der Waals surface area (Å²) in [6.45, 7) is 9.00. The van der Waals surface area contributed by atoms with E-state index in [1.165, 1.54) is 12.0 Å². The highest BCUT2D eigenvalue weighted by atomic mass is 16.5. The summed E-state index contributed by atoms with van der Waals surface area (Å²) in [5.74, 6) is 0. The molecule has 5 heteroatoms. The summed E-state index contributed by atoms with van der Waals surface area (Å²) in [6, 6.07) is 4.22. The summed E-state index contributed by atoms with van der Waals surface area (Å²) in [4.78, 5) is 9.17. The van der Waals surface area contributed by atoms with Gasteiger partial charge in [0.25, 0.3) is 0 Å². The number of aromatic nitrogens is 1. The molecule has 1 spiro atoms. The maximum absolute atomic E-state index is 5.94. The second kappa shape index (κ2) is 7.51. The first-order valence-corrected chi connectivity index (χ1v) is 8.20. The highest BCUT2D eigenvalue weighted by Crippen LogP contribution is 2.33. The van der Waals surface area contributed by atoms with Gasteiger partial charge in [-0.05, 0) is 30.7 Å². The van der Waals surface area contributed by atoms with Gasteiger partial charge in [-0.2, -0.15) is 0 Å². The van der Waals surface area contributed by atoms with E-state index in [0.717, 1.165) is 59.1 Å². The summed E-state index contributed by atoms with van der Waals surface area (Å²) in [5, 5.41) is 0. The Balaban J connectivity index is 1.60. The van der Waals surface area contributed by atoms with E-state index in [1.807, 2.05) is 12.4 Å². The van der Waals surface area contributed by atoms with E-state index in [-0.39, 0.29) is 5.41 Å². The average Bonchev–Trinajstić information content (AvgIpc) is 2.82. The third kappa shape index (κ3) is 4.04.